The van der Waals surface area contributed by atoms with Gasteiger partial charge >= 0.3 is 0 Å². The summed E-state index contributed by atoms with van der Waals surface area (Å²) in [5.74, 6) is 0.214. The molecule has 15 heavy (non-hydrogen) atoms. The maximum Gasteiger partial charge on any atom is 0.288 e. The highest BCUT2D eigenvalue weighted by Gasteiger charge is 1.99. The summed E-state index contributed by atoms with van der Waals surface area (Å²) in [5, 5.41) is 17.5. The molecule has 0 aliphatic heterocycles. The Kier molecular flexibility index (Phi) is 2.45. The predicted molar refractivity (Wildman–Crippen MR) is 54.5 cm³/mol. The second-order valence-corrected chi connectivity index (χ2v) is 3.10. The van der Waals surface area contributed by atoms with Crippen LogP contribution in [0.5, 0.6) is 5.75 Å². The molecule has 0 unspecified atom stereocenters. The first-order chi connectivity index (χ1) is 7.25. The number of hydrogen-bond donors (Lipinski definition) is 1. The van der Waals surface area contributed by atoms with Crippen molar-refractivity contribution in [1.29, 1.82) is 0 Å². The summed E-state index contributed by atoms with van der Waals surface area (Å²) < 4.78 is 3.20. The van der Waals surface area contributed by atoms with Crippen molar-refractivity contribution in [3.8, 4) is 5.75 Å². The number of aromatic nitrogens is 3. The molecule has 0 amide bonds. The fourth-order valence-corrected chi connectivity index (χ4v) is 1.15. The minimum Gasteiger partial charge on any atom is -0.507 e. The molecule has 1 aromatic heterocycles. The monoisotopic (exact) mass is 203 g/mol. The molecule has 0 fully saturated rings. The number of hydrogen-bond acceptors (Lipinski definition) is 3. The van der Waals surface area contributed by atoms with Gasteiger partial charge in [-0.05, 0) is 12.1 Å². The maximum absolute atomic E-state index is 9.47. The third-order valence-corrected chi connectivity index (χ3v) is 1.90. The van der Waals surface area contributed by atoms with E-state index in [4.69, 9.17) is 0 Å². The molecule has 1 N–H and O–H groups in total. The van der Waals surface area contributed by atoms with E-state index in [1.807, 2.05) is 13.1 Å². The summed E-state index contributed by atoms with van der Waals surface area (Å²) in [5.41, 5.74) is 0.675. The van der Waals surface area contributed by atoms with Crippen LogP contribution in [0, 0.1) is 0 Å². The van der Waals surface area contributed by atoms with E-state index >= 15 is 0 Å². The molecule has 1 heterocycles. The Hall–Kier alpha value is -2.17. The van der Waals surface area contributed by atoms with Gasteiger partial charge in [0.05, 0.1) is 13.3 Å². The van der Waals surface area contributed by atoms with Crippen molar-refractivity contribution in [1.82, 2.24) is 9.78 Å². The molecule has 0 spiro atoms. The van der Waals surface area contributed by atoms with Crippen LogP contribution in [-0.4, -0.2) is 21.1 Å². The Labute approximate surface area is 86.9 Å². The van der Waals surface area contributed by atoms with Crippen LogP contribution in [0.4, 0.5) is 0 Å². The van der Waals surface area contributed by atoms with E-state index < -0.39 is 0 Å². The summed E-state index contributed by atoms with van der Waals surface area (Å²) in [6, 6.07) is 7.02. The van der Waals surface area contributed by atoms with Crippen molar-refractivity contribution in [2.75, 3.05) is 0 Å². The van der Waals surface area contributed by atoms with Gasteiger partial charge in [-0.15, -0.1) is 14.5 Å². The van der Waals surface area contributed by atoms with Crippen molar-refractivity contribution in [3.63, 3.8) is 0 Å². The van der Waals surface area contributed by atoms with Crippen LogP contribution in [-0.2, 0) is 7.05 Å². The third kappa shape index (κ3) is 2.19. The van der Waals surface area contributed by atoms with E-state index in [1.165, 1.54) is 0 Å². The molecule has 5 heteroatoms. The van der Waals surface area contributed by atoms with Crippen LogP contribution in [0.1, 0.15) is 5.56 Å². The van der Waals surface area contributed by atoms with E-state index in [1.54, 1.807) is 46.4 Å². The van der Waals surface area contributed by atoms with Crippen molar-refractivity contribution in [3.05, 3.63) is 42.5 Å². The highest BCUT2D eigenvalue weighted by Crippen LogP contribution is 2.12. The zero-order chi connectivity index (χ0) is 10.7. The minimum atomic E-state index is 0.214. The lowest BCUT2D eigenvalue weighted by atomic mass is 10.2. The van der Waals surface area contributed by atoms with E-state index in [0.717, 1.165) is 0 Å². The first-order valence-corrected chi connectivity index (χ1v) is 4.48. The number of para-hydroxylation sites is 1. The van der Waals surface area contributed by atoms with Gasteiger partial charge in [0.25, 0.3) is 6.33 Å². The van der Waals surface area contributed by atoms with Crippen molar-refractivity contribution in [2.24, 2.45) is 12.1 Å². The van der Waals surface area contributed by atoms with Crippen LogP contribution in [0.3, 0.4) is 0 Å². The SMILES string of the molecule is Cn1c[n+](/N=C/c2ccccc2O)cn1. The second kappa shape index (κ2) is 3.91. The zero-order valence-electron chi connectivity index (χ0n) is 8.28. The van der Waals surface area contributed by atoms with Crippen molar-refractivity contribution < 1.29 is 9.78 Å². The zero-order valence-corrected chi connectivity index (χ0v) is 8.28. The van der Waals surface area contributed by atoms with Gasteiger partial charge in [0, 0.05) is 10.7 Å². The standard InChI is InChI=1S/C10H10N4O/c1-13-8-14(7-12-13)11-6-9-4-2-3-5-10(9)15/h2-8H,1H3/p+1. The van der Waals surface area contributed by atoms with Crippen LogP contribution in [0.15, 0.2) is 42.0 Å². The third-order valence-electron chi connectivity index (χ3n) is 1.90. The maximum atomic E-state index is 9.47. The number of phenols is 1. The molecule has 0 saturated carbocycles. The van der Waals surface area contributed by atoms with Gasteiger partial charge in [-0.3, -0.25) is 0 Å². The van der Waals surface area contributed by atoms with Crippen LogP contribution >= 0.6 is 0 Å². The lowest BCUT2D eigenvalue weighted by Crippen LogP contribution is -2.24. The first-order valence-electron chi connectivity index (χ1n) is 4.48. The van der Waals surface area contributed by atoms with Crippen LogP contribution in [0.25, 0.3) is 0 Å². The number of aromatic hydroxyl groups is 1. The fourth-order valence-electron chi connectivity index (χ4n) is 1.15. The molecule has 2 rings (SSSR count). The molecule has 0 radical (unpaired) electrons. The van der Waals surface area contributed by atoms with E-state index in [-0.39, 0.29) is 5.75 Å². The average Bonchev–Trinajstić information content (AvgIpc) is 2.63. The quantitative estimate of drug-likeness (QED) is 0.563. The van der Waals surface area contributed by atoms with E-state index in [2.05, 4.69) is 10.2 Å². The number of phenolic OH excluding ortho intramolecular Hbond substituents is 1. The van der Waals surface area contributed by atoms with E-state index in [0.29, 0.717) is 5.56 Å². The largest absolute Gasteiger partial charge is 0.507 e. The van der Waals surface area contributed by atoms with Gasteiger partial charge in [0.2, 0.25) is 6.33 Å². The van der Waals surface area contributed by atoms with E-state index in [9.17, 15) is 5.11 Å². The molecule has 0 saturated heterocycles. The van der Waals surface area contributed by atoms with Gasteiger partial charge in [-0.1, -0.05) is 12.1 Å². The molecule has 1 aromatic carbocycles. The lowest BCUT2D eigenvalue weighted by molar-refractivity contribution is -0.679. The summed E-state index contributed by atoms with van der Waals surface area (Å²) in [6.07, 6.45) is 4.88. The number of rotatable bonds is 2. The van der Waals surface area contributed by atoms with Gasteiger partial charge < -0.3 is 5.11 Å². The van der Waals surface area contributed by atoms with Crippen LogP contribution in [0.2, 0.25) is 0 Å². The molecule has 0 bridgehead atoms. The Morgan fingerprint density at radius 1 is 1.47 bits per heavy atom. The molecule has 5 nitrogen and oxygen atoms in total. The molecule has 0 atom stereocenters. The first kappa shape index (κ1) is 9.39. The van der Waals surface area contributed by atoms with Gasteiger partial charge in [0.15, 0.2) is 0 Å². The number of aryl methyl sites for hydroxylation is 1. The van der Waals surface area contributed by atoms with Gasteiger partial charge in [-0.25, -0.2) is 0 Å². The Bertz CT molecular complexity index is 490. The summed E-state index contributed by atoms with van der Waals surface area (Å²) in [4.78, 5) is 0. The fraction of sp³-hybridized carbons (Fsp3) is 0.100. The van der Waals surface area contributed by atoms with Gasteiger partial charge in [-0.2, -0.15) is 0 Å². The summed E-state index contributed by atoms with van der Waals surface area (Å²) >= 11 is 0. The van der Waals surface area contributed by atoms with Crippen molar-refractivity contribution >= 4 is 6.21 Å². The predicted octanol–water partition coefficient (Wildman–Crippen LogP) is 0.295. The van der Waals surface area contributed by atoms with Gasteiger partial charge in [0.1, 0.15) is 5.75 Å². The highest BCUT2D eigenvalue weighted by molar-refractivity contribution is 5.82. The highest BCUT2D eigenvalue weighted by atomic mass is 16.3. The Morgan fingerprint density at radius 3 is 2.93 bits per heavy atom. The molecule has 0 aliphatic carbocycles. The second-order valence-electron chi connectivity index (χ2n) is 3.10. The summed E-state index contributed by atoms with van der Waals surface area (Å²) in [7, 11) is 1.81. The Balaban J connectivity index is 2.22. The summed E-state index contributed by atoms with van der Waals surface area (Å²) in [6.45, 7) is 0. The normalized spacial score (nSPS) is 11.0. The molecule has 76 valence electrons. The van der Waals surface area contributed by atoms with Crippen LogP contribution < -0.4 is 4.68 Å². The number of nitrogens with zero attached hydrogens (tertiary/aromatic N) is 4. The molecule has 2 aromatic rings. The smallest absolute Gasteiger partial charge is 0.288 e. The Morgan fingerprint density at radius 2 is 2.27 bits per heavy atom. The number of benzene rings is 1. The average molecular weight is 203 g/mol. The minimum absolute atomic E-state index is 0.214. The molecule has 0 aliphatic rings. The molecular formula is C10H11N4O+. The lowest BCUT2D eigenvalue weighted by Gasteiger charge is -1.94. The topological polar surface area (TPSA) is 54.3 Å². The molecular weight excluding hydrogens is 192 g/mol. The van der Waals surface area contributed by atoms with Crippen molar-refractivity contribution in [2.45, 2.75) is 0 Å².